The zero-order chi connectivity index (χ0) is 35.0. The van der Waals surface area contributed by atoms with Crippen molar-refractivity contribution in [1.29, 1.82) is 0 Å². The highest BCUT2D eigenvalue weighted by atomic mass is 19.4. The van der Waals surface area contributed by atoms with Crippen LogP contribution in [-0.2, 0) is 16.1 Å². The summed E-state index contributed by atoms with van der Waals surface area (Å²) in [4.78, 5) is 25.7. The number of nitrogens with zero attached hydrogens (tertiary/aromatic N) is 1. The number of rotatable bonds is 13. The van der Waals surface area contributed by atoms with Gasteiger partial charge in [-0.1, -0.05) is 60.7 Å². The van der Waals surface area contributed by atoms with Gasteiger partial charge in [-0.3, -0.25) is 9.59 Å². The minimum atomic E-state index is -4.83. The number of esters is 1. The normalized spacial score (nSPS) is 13.0. The predicted octanol–water partition coefficient (Wildman–Crippen LogP) is 7.06. The lowest BCUT2D eigenvalue weighted by molar-refractivity contribution is -0.274. The van der Waals surface area contributed by atoms with Crippen molar-refractivity contribution in [3.05, 3.63) is 108 Å². The second-order valence-corrected chi connectivity index (χ2v) is 11.3. The number of ether oxygens (including phenoxy) is 2. The molecule has 4 aromatic rings. The van der Waals surface area contributed by atoms with E-state index < -0.39 is 42.0 Å². The molecule has 48 heavy (non-hydrogen) atoms. The van der Waals surface area contributed by atoms with E-state index in [4.69, 9.17) is 0 Å². The average molecular weight is 669 g/mol. The fourth-order valence-electron chi connectivity index (χ4n) is 5.32. The standard InChI is InChI=1S/C36H36F4N2O6/c1-22(2)42-30(18-15-27(43)19-28(44)20-31(45)47-3)32(25-11-13-26(37)14-12-25)33(24-7-5-4-6-8-24)34(42)35(46)41-21-23-9-16-29(17-10-23)48-36(38,39)40/h4-18,22,27-28,43-44H,19-21H2,1-3H3,(H,41,46)/b18-15+/t27-,28-/m1/s1. The van der Waals surface area contributed by atoms with Gasteiger partial charge in [0.1, 0.15) is 17.3 Å². The number of aliphatic hydroxyl groups is 2. The Labute approximate surface area is 275 Å². The number of methoxy groups -OCH3 is 1. The number of carbonyl (C=O) groups excluding carboxylic acids is 2. The Morgan fingerprint density at radius 1 is 0.917 bits per heavy atom. The molecule has 3 aromatic carbocycles. The van der Waals surface area contributed by atoms with Crippen LogP contribution in [0.15, 0.2) is 84.9 Å². The van der Waals surface area contributed by atoms with Crippen molar-refractivity contribution < 1.29 is 46.8 Å². The van der Waals surface area contributed by atoms with E-state index in [9.17, 15) is 37.4 Å². The highest BCUT2D eigenvalue weighted by molar-refractivity contribution is 6.06. The smallest absolute Gasteiger partial charge is 0.469 e. The van der Waals surface area contributed by atoms with Gasteiger partial charge < -0.3 is 29.6 Å². The maximum atomic E-state index is 14.1. The summed E-state index contributed by atoms with van der Waals surface area (Å²) < 4.78 is 62.2. The summed E-state index contributed by atoms with van der Waals surface area (Å²) >= 11 is 0. The molecule has 0 fully saturated rings. The average Bonchev–Trinajstić information content (AvgIpc) is 3.38. The third-order valence-corrected chi connectivity index (χ3v) is 7.40. The number of nitrogens with one attached hydrogen (secondary N) is 1. The summed E-state index contributed by atoms with van der Waals surface area (Å²) in [6, 6.07) is 19.7. The Bertz CT molecular complexity index is 1720. The van der Waals surface area contributed by atoms with Crippen LogP contribution in [0.4, 0.5) is 17.6 Å². The molecule has 1 heterocycles. The summed E-state index contributed by atoms with van der Waals surface area (Å²) in [5, 5.41) is 23.9. The number of halogens is 4. The molecule has 4 rings (SSSR count). The molecule has 3 N–H and O–H groups in total. The van der Waals surface area contributed by atoms with Crippen LogP contribution in [-0.4, -0.2) is 52.3 Å². The van der Waals surface area contributed by atoms with Crippen molar-refractivity contribution in [3.63, 3.8) is 0 Å². The van der Waals surface area contributed by atoms with Gasteiger partial charge in [0.15, 0.2) is 0 Å². The lowest BCUT2D eigenvalue weighted by atomic mass is 9.94. The molecule has 1 aromatic heterocycles. The Kier molecular flexibility index (Phi) is 11.8. The second kappa shape index (κ2) is 15.8. The van der Waals surface area contributed by atoms with E-state index >= 15 is 0 Å². The highest BCUT2D eigenvalue weighted by Crippen LogP contribution is 2.42. The molecule has 0 aliphatic rings. The van der Waals surface area contributed by atoms with Gasteiger partial charge in [-0.15, -0.1) is 13.2 Å². The zero-order valence-electron chi connectivity index (χ0n) is 26.5. The molecule has 0 aliphatic carbocycles. The molecule has 8 nitrogen and oxygen atoms in total. The van der Waals surface area contributed by atoms with Crippen LogP contribution in [0.1, 0.15) is 54.5 Å². The van der Waals surface area contributed by atoms with Gasteiger partial charge >= 0.3 is 12.3 Å². The molecule has 0 saturated heterocycles. The van der Waals surface area contributed by atoms with Crippen molar-refractivity contribution >= 4 is 18.0 Å². The van der Waals surface area contributed by atoms with E-state index in [1.807, 2.05) is 44.2 Å². The number of carbonyl (C=O) groups is 2. The van der Waals surface area contributed by atoms with Crippen LogP contribution in [0, 0.1) is 5.82 Å². The minimum Gasteiger partial charge on any atom is -0.469 e. The molecule has 0 unspecified atom stereocenters. The molecule has 0 aliphatic heterocycles. The molecule has 0 bridgehead atoms. The van der Waals surface area contributed by atoms with Crippen LogP contribution in [0.3, 0.4) is 0 Å². The fourth-order valence-corrected chi connectivity index (χ4v) is 5.32. The van der Waals surface area contributed by atoms with Crippen LogP contribution in [0.5, 0.6) is 5.75 Å². The highest BCUT2D eigenvalue weighted by Gasteiger charge is 2.31. The van der Waals surface area contributed by atoms with Crippen LogP contribution in [0.2, 0.25) is 0 Å². The third-order valence-electron chi connectivity index (χ3n) is 7.40. The Hall–Kier alpha value is -4.94. The minimum absolute atomic E-state index is 0.0174. The van der Waals surface area contributed by atoms with Crippen molar-refractivity contribution in [3.8, 4) is 28.0 Å². The van der Waals surface area contributed by atoms with E-state index in [1.54, 1.807) is 22.8 Å². The fraction of sp³-hybridized carbons (Fsp3) is 0.278. The largest absolute Gasteiger partial charge is 0.573 e. The number of benzene rings is 3. The molecule has 1 amide bonds. The van der Waals surface area contributed by atoms with Crippen molar-refractivity contribution in [2.75, 3.05) is 7.11 Å². The predicted molar refractivity (Wildman–Crippen MR) is 172 cm³/mol. The summed E-state index contributed by atoms with van der Waals surface area (Å²) in [5.74, 6) is -1.96. The Balaban J connectivity index is 1.82. The Morgan fingerprint density at radius 2 is 1.54 bits per heavy atom. The lowest BCUT2D eigenvalue weighted by Gasteiger charge is -2.17. The van der Waals surface area contributed by atoms with E-state index in [0.29, 0.717) is 33.5 Å². The first-order valence-corrected chi connectivity index (χ1v) is 15.1. The first-order valence-electron chi connectivity index (χ1n) is 15.1. The number of alkyl halides is 3. The number of hydrogen-bond acceptors (Lipinski definition) is 6. The van der Waals surface area contributed by atoms with Crippen molar-refractivity contribution in [1.82, 2.24) is 9.88 Å². The van der Waals surface area contributed by atoms with E-state index in [-0.39, 0.29) is 31.1 Å². The zero-order valence-corrected chi connectivity index (χ0v) is 26.5. The maximum absolute atomic E-state index is 14.1. The molecule has 2 atom stereocenters. The number of aromatic nitrogens is 1. The van der Waals surface area contributed by atoms with E-state index in [1.165, 1.54) is 37.5 Å². The van der Waals surface area contributed by atoms with Crippen LogP contribution in [0.25, 0.3) is 28.3 Å². The maximum Gasteiger partial charge on any atom is 0.573 e. The quantitative estimate of drug-likeness (QED) is 0.104. The molecule has 0 spiro atoms. The van der Waals surface area contributed by atoms with Gasteiger partial charge in [0.2, 0.25) is 0 Å². The lowest BCUT2D eigenvalue weighted by Crippen LogP contribution is -2.27. The summed E-state index contributed by atoms with van der Waals surface area (Å²) in [7, 11) is 1.20. The molecule has 0 radical (unpaired) electrons. The topological polar surface area (TPSA) is 110 Å². The SMILES string of the molecule is COC(=O)C[C@H](O)C[C@H](O)/C=C/c1c(-c2ccc(F)cc2)c(-c2ccccc2)c(C(=O)NCc2ccc(OC(F)(F)F)cc2)n1C(C)C. The van der Waals surface area contributed by atoms with Gasteiger partial charge in [0, 0.05) is 35.8 Å². The monoisotopic (exact) mass is 668 g/mol. The summed E-state index contributed by atoms with van der Waals surface area (Å²) in [6.45, 7) is 3.72. The number of hydrogen-bond donors (Lipinski definition) is 3. The third kappa shape index (κ3) is 9.33. The first-order chi connectivity index (χ1) is 22.8. The van der Waals surface area contributed by atoms with Crippen LogP contribution >= 0.6 is 0 Å². The van der Waals surface area contributed by atoms with Crippen molar-refractivity contribution in [2.45, 2.75) is 57.8 Å². The molecular formula is C36H36F4N2O6. The van der Waals surface area contributed by atoms with Gasteiger partial charge in [-0.2, -0.15) is 0 Å². The van der Waals surface area contributed by atoms with Gasteiger partial charge in [-0.25, -0.2) is 4.39 Å². The van der Waals surface area contributed by atoms with E-state index in [0.717, 1.165) is 12.1 Å². The van der Waals surface area contributed by atoms with Gasteiger partial charge in [0.25, 0.3) is 5.91 Å². The second-order valence-electron chi connectivity index (χ2n) is 11.3. The molecule has 0 saturated carbocycles. The van der Waals surface area contributed by atoms with Gasteiger partial charge in [0.05, 0.1) is 25.7 Å². The molecule has 12 heteroatoms. The first kappa shape index (κ1) is 35.9. The molecule has 254 valence electrons. The summed E-state index contributed by atoms with van der Waals surface area (Å²) in [6.07, 6.45) is -4.57. The van der Waals surface area contributed by atoms with Crippen LogP contribution < -0.4 is 10.1 Å². The number of amides is 1. The van der Waals surface area contributed by atoms with Gasteiger partial charge in [-0.05, 0) is 60.9 Å². The Morgan fingerprint density at radius 3 is 2.12 bits per heavy atom. The van der Waals surface area contributed by atoms with Crippen molar-refractivity contribution in [2.24, 2.45) is 0 Å². The number of aliphatic hydroxyl groups excluding tert-OH is 2. The molecular weight excluding hydrogens is 632 g/mol. The summed E-state index contributed by atoms with van der Waals surface area (Å²) in [5.41, 5.74) is 3.66. The van der Waals surface area contributed by atoms with E-state index in [2.05, 4.69) is 14.8 Å².